The SMILES string of the molecule is COc1cc2ncn(CC(=O)NC(C)CCCC(C)C)c(=O)c2cc1OC. The fourth-order valence-electron chi connectivity index (χ4n) is 2.98. The number of aromatic nitrogens is 2. The Morgan fingerprint density at radius 2 is 1.81 bits per heavy atom. The summed E-state index contributed by atoms with van der Waals surface area (Å²) in [6.07, 6.45) is 4.52. The first-order chi connectivity index (χ1) is 12.8. The van der Waals surface area contributed by atoms with Crippen LogP contribution >= 0.6 is 0 Å². The summed E-state index contributed by atoms with van der Waals surface area (Å²) in [6.45, 7) is 6.29. The lowest BCUT2D eigenvalue weighted by atomic mass is 10.0. The second-order valence-electron chi connectivity index (χ2n) is 7.20. The van der Waals surface area contributed by atoms with Gasteiger partial charge in [0.2, 0.25) is 5.91 Å². The van der Waals surface area contributed by atoms with Crippen LogP contribution in [-0.2, 0) is 11.3 Å². The molecule has 1 unspecified atom stereocenters. The molecule has 0 fully saturated rings. The number of ether oxygens (including phenoxy) is 2. The molecule has 27 heavy (non-hydrogen) atoms. The monoisotopic (exact) mass is 375 g/mol. The lowest BCUT2D eigenvalue weighted by Crippen LogP contribution is -2.37. The lowest BCUT2D eigenvalue weighted by molar-refractivity contribution is -0.122. The Balaban J connectivity index is 2.11. The summed E-state index contributed by atoms with van der Waals surface area (Å²) < 4.78 is 11.8. The van der Waals surface area contributed by atoms with E-state index in [0.29, 0.717) is 28.3 Å². The van der Waals surface area contributed by atoms with Gasteiger partial charge in [-0.25, -0.2) is 4.98 Å². The van der Waals surface area contributed by atoms with Crippen LogP contribution in [0.3, 0.4) is 0 Å². The minimum atomic E-state index is -0.288. The topological polar surface area (TPSA) is 82.5 Å². The molecule has 1 atom stereocenters. The Morgan fingerprint density at radius 3 is 2.44 bits per heavy atom. The van der Waals surface area contributed by atoms with Crippen molar-refractivity contribution in [2.24, 2.45) is 5.92 Å². The van der Waals surface area contributed by atoms with E-state index in [9.17, 15) is 9.59 Å². The molecule has 0 bridgehead atoms. The molecule has 1 heterocycles. The maximum atomic E-state index is 12.7. The predicted octanol–water partition coefficient (Wildman–Crippen LogP) is 2.74. The van der Waals surface area contributed by atoms with Crippen LogP contribution in [-0.4, -0.2) is 35.7 Å². The van der Waals surface area contributed by atoms with E-state index < -0.39 is 0 Å². The molecule has 0 aliphatic rings. The van der Waals surface area contributed by atoms with Crippen molar-refractivity contribution < 1.29 is 14.3 Å². The summed E-state index contributed by atoms with van der Waals surface area (Å²) in [6, 6.07) is 3.31. The average Bonchev–Trinajstić information content (AvgIpc) is 2.62. The van der Waals surface area contributed by atoms with Gasteiger partial charge < -0.3 is 14.8 Å². The zero-order chi connectivity index (χ0) is 20.0. The molecule has 0 aliphatic carbocycles. The van der Waals surface area contributed by atoms with Crippen LogP contribution in [0.1, 0.15) is 40.0 Å². The van der Waals surface area contributed by atoms with Gasteiger partial charge in [-0.1, -0.05) is 26.7 Å². The molecule has 1 amide bonds. The van der Waals surface area contributed by atoms with Crippen molar-refractivity contribution in [3.63, 3.8) is 0 Å². The Morgan fingerprint density at radius 1 is 1.15 bits per heavy atom. The first-order valence-corrected chi connectivity index (χ1v) is 9.26. The number of hydrogen-bond donors (Lipinski definition) is 1. The van der Waals surface area contributed by atoms with E-state index in [4.69, 9.17) is 9.47 Å². The summed E-state index contributed by atoms with van der Waals surface area (Å²) in [5.41, 5.74) is 0.208. The standard InChI is InChI=1S/C20H29N3O4/c1-13(2)7-6-8-14(3)22-19(24)11-23-12-21-16-10-18(27-5)17(26-4)9-15(16)20(23)25/h9-10,12-14H,6-8,11H2,1-5H3,(H,22,24). The van der Waals surface area contributed by atoms with Crippen molar-refractivity contribution in [2.45, 2.75) is 52.6 Å². The van der Waals surface area contributed by atoms with E-state index in [2.05, 4.69) is 24.1 Å². The molecule has 1 aromatic carbocycles. The van der Waals surface area contributed by atoms with E-state index in [1.165, 1.54) is 25.1 Å². The number of benzene rings is 1. The largest absolute Gasteiger partial charge is 0.493 e. The Bertz CT molecular complexity index is 845. The third-order valence-corrected chi connectivity index (χ3v) is 4.47. The third kappa shape index (κ3) is 5.45. The highest BCUT2D eigenvalue weighted by Gasteiger charge is 2.14. The van der Waals surface area contributed by atoms with Crippen molar-refractivity contribution >= 4 is 16.8 Å². The van der Waals surface area contributed by atoms with Crippen molar-refractivity contribution in [3.8, 4) is 11.5 Å². The van der Waals surface area contributed by atoms with Crippen LogP contribution in [0.5, 0.6) is 11.5 Å². The van der Waals surface area contributed by atoms with Crippen LogP contribution < -0.4 is 20.3 Å². The van der Waals surface area contributed by atoms with Crippen LogP contribution in [0.25, 0.3) is 10.9 Å². The van der Waals surface area contributed by atoms with Crippen molar-refractivity contribution in [2.75, 3.05) is 14.2 Å². The molecule has 0 saturated carbocycles. The lowest BCUT2D eigenvalue weighted by Gasteiger charge is -2.15. The molecule has 1 N–H and O–H groups in total. The van der Waals surface area contributed by atoms with Crippen molar-refractivity contribution in [1.82, 2.24) is 14.9 Å². The number of amides is 1. The minimum absolute atomic E-state index is 0.0648. The molecule has 148 valence electrons. The van der Waals surface area contributed by atoms with Gasteiger partial charge in [-0.3, -0.25) is 14.2 Å². The van der Waals surface area contributed by atoms with Crippen molar-refractivity contribution in [3.05, 3.63) is 28.8 Å². The maximum Gasteiger partial charge on any atom is 0.261 e. The van der Waals surface area contributed by atoms with Gasteiger partial charge in [0.15, 0.2) is 11.5 Å². The number of fused-ring (bicyclic) bond motifs is 1. The predicted molar refractivity (Wildman–Crippen MR) is 105 cm³/mol. The number of rotatable bonds is 9. The Labute approximate surface area is 159 Å². The van der Waals surface area contributed by atoms with Gasteiger partial charge in [0.1, 0.15) is 6.54 Å². The molecule has 7 nitrogen and oxygen atoms in total. The Kier molecular flexibility index (Phi) is 7.21. The van der Waals surface area contributed by atoms with Crippen molar-refractivity contribution in [1.29, 1.82) is 0 Å². The molecular weight excluding hydrogens is 346 g/mol. The number of nitrogens with zero attached hydrogens (tertiary/aromatic N) is 2. The second-order valence-corrected chi connectivity index (χ2v) is 7.20. The number of methoxy groups -OCH3 is 2. The molecular formula is C20H29N3O4. The highest BCUT2D eigenvalue weighted by atomic mass is 16.5. The van der Waals surface area contributed by atoms with E-state index in [1.54, 1.807) is 12.1 Å². The normalized spacial score (nSPS) is 12.2. The van der Waals surface area contributed by atoms with Gasteiger partial charge in [-0.15, -0.1) is 0 Å². The van der Waals surface area contributed by atoms with Gasteiger partial charge in [-0.05, 0) is 25.3 Å². The molecule has 0 radical (unpaired) electrons. The summed E-state index contributed by atoms with van der Waals surface area (Å²) in [7, 11) is 3.03. The van der Waals surface area contributed by atoms with Gasteiger partial charge in [0, 0.05) is 12.1 Å². The van der Waals surface area contributed by atoms with Gasteiger partial charge >= 0.3 is 0 Å². The van der Waals surface area contributed by atoms with Crippen LogP contribution in [0, 0.1) is 5.92 Å². The summed E-state index contributed by atoms with van der Waals surface area (Å²) >= 11 is 0. The average molecular weight is 375 g/mol. The Hall–Kier alpha value is -2.57. The van der Waals surface area contributed by atoms with Gasteiger partial charge in [-0.2, -0.15) is 0 Å². The minimum Gasteiger partial charge on any atom is -0.493 e. The number of carbonyl (C=O) groups is 1. The number of carbonyl (C=O) groups excluding carboxylic acids is 1. The molecule has 7 heteroatoms. The molecule has 0 aliphatic heterocycles. The van der Waals surface area contributed by atoms with Crippen LogP contribution in [0.4, 0.5) is 0 Å². The van der Waals surface area contributed by atoms with E-state index in [1.807, 2.05) is 6.92 Å². The molecule has 2 aromatic rings. The molecule has 0 saturated heterocycles. The summed E-state index contributed by atoms with van der Waals surface area (Å²) in [5.74, 6) is 1.41. The quantitative estimate of drug-likeness (QED) is 0.729. The first-order valence-electron chi connectivity index (χ1n) is 9.26. The van der Waals surface area contributed by atoms with E-state index in [0.717, 1.165) is 19.3 Å². The van der Waals surface area contributed by atoms with Crippen LogP contribution in [0.15, 0.2) is 23.3 Å². The highest BCUT2D eigenvalue weighted by molar-refractivity contribution is 5.82. The molecule has 2 rings (SSSR count). The van der Waals surface area contributed by atoms with Crippen LogP contribution in [0.2, 0.25) is 0 Å². The number of nitrogens with one attached hydrogen (secondary N) is 1. The maximum absolute atomic E-state index is 12.7. The summed E-state index contributed by atoms with van der Waals surface area (Å²) in [4.78, 5) is 29.3. The summed E-state index contributed by atoms with van der Waals surface area (Å²) in [5, 5.41) is 3.33. The zero-order valence-electron chi connectivity index (χ0n) is 16.7. The highest BCUT2D eigenvalue weighted by Crippen LogP contribution is 2.29. The molecule has 0 spiro atoms. The van der Waals surface area contributed by atoms with Gasteiger partial charge in [0.25, 0.3) is 5.56 Å². The zero-order valence-corrected chi connectivity index (χ0v) is 16.7. The fraction of sp³-hybridized carbons (Fsp3) is 0.550. The fourth-order valence-corrected chi connectivity index (χ4v) is 2.98. The smallest absolute Gasteiger partial charge is 0.261 e. The second kappa shape index (κ2) is 9.39. The number of hydrogen-bond acceptors (Lipinski definition) is 5. The van der Waals surface area contributed by atoms with Gasteiger partial charge in [0.05, 0.1) is 31.4 Å². The van der Waals surface area contributed by atoms with E-state index >= 15 is 0 Å². The first kappa shape index (κ1) is 20.7. The van der Waals surface area contributed by atoms with E-state index in [-0.39, 0.29) is 24.1 Å². The molecule has 1 aromatic heterocycles. The third-order valence-electron chi connectivity index (χ3n) is 4.47.